The lowest BCUT2D eigenvalue weighted by molar-refractivity contribution is -0.147. The summed E-state index contributed by atoms with van der Waals surface area (Å²) in [5, 5.41) is 3.36. The molecule has 0 radical (unpaired) electrons. The van der Waals surface area contributed by atoms with E-state index in [9.17, 15) is 4.79 Å². The van der Waals surface area contributed by atoms with Crippen LogP contribution >= 0.6 is 0 Å². The maximum atomic E-state index is 13.1. The van der Waals surface area contributed by atoms with E-state index in [2.05, 4.69) is 43.4 Å². The van der Waals surface area contributed by atoms with Gasteiger partial charge in [-0.2, -0.15) is 0 Å². The number of hydrogen-bond donors (Lipinski definition) is 1. The molecule has 0 saturated heterocycles. The second-order valence-corrected chi connectivity index (χ2v) is 8.25. The molecule has 1 unspecified atom stereocenters. The third kappa shape index (κ3) is 2.28. The van der Waals surface area contributed by atoms with E-state index in [1.165, 1.54) is 30.4 Å². The lowest BCUT2D eigenvalue weighted by Crippen LogP contribution is -2.53. The zero-order chi connectivity index (χ0) is 15.3. The van der Waals surface area contributed by atoms with Crippen molar-refractivity contribution in [3.05, 3.63) is 35.4 Å². The fraction of sp³-hybridized carbons (Fsp3) is 0.650. The van der Waals surface area contributed by atoms with E-state index in [0.717, 1.165) is 37.0 Å². The Bertz CT molecular complexity index is 556. The van der Waals surface area contributed by atoms with Crippen molar-refractivity contribution in [2.75, 3.05) is 0 Å². The molecule has 4 aliphatic rings. The molecule has 0 spiro atoms. The van der Waals surface area contributed by atoms with Gasteiger partial charge in [0.15, 0.2) is 0 Å². The molecule has 2 nitrogen and oxygen atoms in total. The fourth-order valence-electron chi connectivity index (χ4n) is 5.89. The Morgan fingerprint density at radius 2 is 1.64 bits per heavy atom. The zero-order valence-electron chi connectivity index (χ0n) is 13.8. The Hall–Kier alpha value is -1.31. The molecular weight excluding hydrogens is 270 g/mol. The number of nitrogens with one attached hydrogen (secondary N) is 1. The molecule has 0 heterocycles. The molecule has 0 aromatic heterocycles. The van der Waals surface area contributed by atoms with Gasteiger partial charge in [-0.15, -0.1) is 0 Å². The molecule has 1 aromatic rings. The molecule has 1 atom stereocenters. The number of rotatable bonds is 3. The zero-order valence-corrected chi connectivity index (χ0v) is 13.8. The molecule has 118 valence electrons. The molecule has 4 bridgehead atoms. The standard InChI is InChI=1S/C20H27NO/c1-13-5-3-4-6-18(13)14(2)21-19(22)20-10-15-7-16(11-20)9-17(8-15)12-20/h3-6,14-17H,7-12H2,1-2H3,(H,21,22). The first-order valence-electron chi connectivity index (χ1n) is 8.92. The van der Waals surface area contributed by atoms with Crippen LogP contribution in [0.5, 0.6) is 0 Å². The Labute approximate surface area is 133 Å². The third-order valence-corrected chi connectivity index (χ3v) is 6.52. The minimum Gasteiger partial charge on any atom is -0.349 e. The van der Waals surface area contributed by atoms with Crippen LogP contribution in [0.15, 0.2) is 24.3 Å². The highest BCUT2D eigenvalue weighted by Gasteiger charge is 2.54. The summed E-state index contributed by atoms with van der Waals surface area (Å²) in [6.45, 7) is 4.25. The van der Waals surface area contributed by atoms with Crippen molar-refractivity contribution in [1.82, 2.24) is 5.32 Å². The van der Waals surface area contributed by atoms with Gasteiger partial charge in [0.25, 0.3) is 0 Å². The summed E-state index contributed by atoms with van der Waals surface area (Å²) in [4.78, 5) is 13.1. The number of hydrogen-bond acceptors (Lipinski definition) is 1. The lowest BCUT2D eigenvalue weighted by Gasteiger charge is -2.55. The molecule has 5 rings (SSSR count). The topological polar surface area (TPSA) is 29.1 Å². The van der Waals surface area contributed by atoms with Gasteiger partial charge < -0.3 is 5.32 Å². The second-order valence-electron chi connectivity index (χ2n) is 8.25. The van der Waals surface area contributed by atoms with Gasteiger partial charge in [-0.1, -0.05) is 24.3 Å². The summed E-state index contributed by atoms with van der Waals surface area (Å²) < 4.78 is 0. The fourth-order valence-corrected chi connectivity index (χ4v) is 5.89. The second kappa shape index (κ2) is 5.11. The first-order chi connectivity index (χ1) is 10.6. The van der Waals surface area contributed by atoms with Crippen molar-refractivity contribution in [1.29, 1.82) is 0 Å². The monoisotopic (exact) mass is 297 g/mol. The van der Waals surface area contributed by atoms with Crippen LogP contribution in [0.25, 0.3) is 0 Å². The average molecular weight is 297 g/mol. The molecule has 4 saturated carbocycles. The van der Waals surface area contributed by atoms with E-state index in [-0.39, 0.29) is 11.5 Å². The van der Waals surface area contributed by atoms with Crippen LogP contribution in [-0.2, 0) is 4.79 Å². The van der Waals surface area contributed by atoms with Gasteiger partial charge in [-0.05, 0) is 81.3 Å². The van der Waals surface area contributed by atoms with Crippen LogP contribution < -0.4 is 5.32 Å². The van der Waals surface area contributed by atoms with Crippen LogP contribution in [0.3, 0.4) is 0 Å². The Kier molecular flexibility index (Phi) is 3.32. The summed E-state index contributed by atoms with van der Waals surface area (Å²) in [5.41, 5.74) is 2.48. The minimum atomic E-state index is -0.0360. The molecule has 1 amide bonds. The summed E-state index contributed by atoms with van der Waals surface area (Å²) in [6, 6.07) is 8.51. The van der Waals surface area contributed by atoms with Crippen LogP contribution in [-0.4, -0.2) is 5.91 Å². The minimum absolute atomic E-state index is 0.0360. The van der Waals surface area contributed by atoms with Gasteiger partial charge in [0.05, 0.1) is 6.04 Å². The Morgan fingerprint density at radius 1 is 1.09 bits per heavy atom. The molecule has 1 aromatic carbocycles. The average Bonchev–Trinajstić information content (AvgIpc) is 2.46. The molecular formula is C20H27NO. The summed E-state index contributed by atoms with van der Waals surface area (Å²) >= 11 is 0. The van der Waals surface area contributed by atoms with E-state index in [0.29, 0.717) is 5.91 Å². The van der Waals surface area contributed by atoms with Crippen LogP contribution in [0.4, 0.5) is 0 Å². The maximum absolute atomic E-state index is 13.1. The van der Waals surface area contributed by atoms with Crippen molar-refractivity contribution >= 4 is 5.91 Å². The van der Waals surface area contributed by atoms with Gasteiger partial charge in [0.1, 0.15) is 0 Å². The van der Waals surface area contributed by atoms with Gasteiger partial charge in [0, 0.05) is 5.41 Å². The predicted octanol–water partition coefficient (Wildman–Crippen LogP) is 4.39. The highest BCUT2D eigenvalue weighted by atomic mass is 16.2. The summed E-state index contributed by atoms with van der Waals surface area (Å²) in [5.74, 6) is 2.81. The van der Waals surface area contributed by atoms with Crippen molar-refractivity contribution in [3.63, 3.8) is 0 Å². The van der Waals surface area contributed by atoms with Crippen LogP contribution in [0.1, 0.15) is 62.6 Å². The largest absolute Gasteiger partial charge is 0.349 e. The SMILES string of the molecule is Cc1ccccc1C(C)NC(=O)C12CC3CC(CC(C3)C1)C2. The van der Waals surface area contributed by atoms with Crippen molar-refractivity contribution in [2.45, 2.75) is 58.4 Å². The van der Waals surface area contributed by atoms with Crippen molar-refractivity contribution in [3.8, 4) is 0 Å². The van der Waals surface area contributed by atoms with Crippen molar-refractivity contribution < 1.29 is 4.79 Å². The molecule has 22 heavy (non-hydrogen) atoms. The first-order valence-corrected chi connectivity index (χ1v) is 8.92. The molecule has 4 aliphatic carbocycles. The number of benzene rings is 1. The number of aryl methyl sites for hydroxylation is 1. The van der Waals surface area contributed by atoms with Gasteiger partial charge in [-0.25, -0.2) is 0 Å². The van der Waals surface area contributed by atoms with E-state index < -0.39 is 0 Å². The van der Waals surface area contributed by atoms with Crippen LogP contribution in [0.2, 0.25) is 0 Å². The molecule has 2 heteroatoms. The van der Waals surface area contributed by atoms with Gasteiger partial charge in [-0.3, -0.25) is 4.79 Å². The van der Waals surface area contributed by atoms with Gasteiger partial charge >= 0.3 is 0 Å². The quantitative estimate of drug-likeness (QED) is 0.881. The first kappa shape index (κ1) is 14.3. The maximum Gasteiger partial charge on any atom is 0.226 e. The molecule has 1 N–H and O–H groups in total. The summed E-state index contributed by atoms with van der Waals surface area (Å²) in [6.07, 6.45) is 7.60. The van der Waals surface area contributed by atoms with Gasteiger partial charge in [0.2, 0.25) is 5.91 Å². The van der Waals surface area contributed by atoms with Crippen molar-refractivity contribution in [2.24, 2.45) is 23.2 Å². The van der Waals surface area contributed by atoms with E-state index in [1.54, 1.807) is 0 Å². The number of carbonyl (C=O) groups excluding carboxylic acids is 1. The summed E-state index contributed by atoms with van der Waals surface area (Å²) in [7, 11) is 0. The number of carbonyl (C=O) groups is 1. The Morgan fingerprint density at radius 3 is 2.18 bits per heavy atom. The Balaban J connectivity index is 1.52. The predicted molar refractivity (Wildman–Crippen MR) is 88.3 cm³/mol. The smallest absolute Gasteiger partial charge is 0.226 e. The molecule has 0 aliphatic heterocycles. The lowest BCUT2D eigenvalue weighted by atomic mass is 9.49. The third-order valence-electron chi connectivity index (χ3n) is 6.52. The molecule has 4 fully saturated rings. The highest BCUT2D eigenvalue weighted by molar-refractivity contribution is 5.83. The van der Waals surface area contributed by atoms with E-state index >= 15 is 0 Å². The van der Waals surface area contributed by atoms with Crippen LogP contribution in [0, 0.1) is 30.1 Å². The number of amides is 1. The highest BCUT2D eigenvalue weighted by Crippen LogP contribution is 2.60. The normalized spacial score (nSPS) is 37.1. The van der Waals surface area contributed by atoms with E-state index in [4.69, 9.17) is 0 Å². The van der Waals surface area contributed by atoms with E-state index in [1.807, 2.05) is 0 Å².